The van der Waals surface area contributed by atoms with Crippen molar-refractivity contribution >= 4 is 21.8 Å². The summed E-state index contributed by atoms with van der Waals surface area (Å²) in [6.07, 6.45) is 5.14. The molecule has 84 valence electrons. The predicted octanol–water partition coefficient (Wildman–Crippen LogP) is 2.68. The summed E-state index contributed by atoms with van der Waals surface area (Å²) in [5, 5.41) is 0. The van der Waals surface area contributed by atoms with Gasteiger partial charge in [0, 0.05) is 6.54 Å². The van der Waals surface area contributed by atoms with Gasteiger partial charge in [0.15, 0.2) is 0 Å². The van der Waals surface area contributed by atoms with Gasteiger partial charge in [0.05, 0.1) is 16.6 Å². The fourth-order valence-electron chi connectivity index (χ4n) is 1.28. The maximum atomic E-state index is 13.6. The van der Waals surface area contributed by atoms with Crippen LogP contribution in [0.3, 0.4) is 0 Å². The van der Waals surface area contributed by atoms with Crippen LogP contribution in [0.2, 0.25) is 0 Å². The van der Waals surface area contributed by atoms with E-state index < -0.39 is 5.82 Å². The molecule has 0 aliphatic rings. The highest BCUT2D eigenvalue weighted by Crippen LogP contribution is 2.19. The van der Waals surface area contributed by atoms with Crippen molar-refractivity contribution in [3.63, 3.8) is 0 Å². The molecule has 0 saturated heterocycles. The number of halogens is 2. The first-order valence-electron chi connectivity index (χ1n) is 4.78. The molecule has 1 rings (SSSR count). The fourth-order valence-corrected chi connectivity index (χ4v) is 1.64. The number of benzene rings is 1. The molecule has 0 bridgehead atoms. The Bertz CT molecular complexity index is 439. The average Bonchev–Trinajstić information content (AvgIpc) is 2.29. The third-order valence-corrected chi connectivity index (χ3v) is 2.75. The highest BCUT2D eigenvalue weighted by atomic mass is 79.9. The number of amides is 1. The Labute approximate surface area is 103 Å². The van der Waals surface area contributed by atoms with Gasteiger partial charge in [-0.05, 0) is 35.0 Å². The Morgan fingerprint density at radius 2 is 2.31 bits per heavy atom. The lowest BCUT2D eigenvalue weighted by Crippen LogP contribution is -2.31. The first-order valence-corrected chi connectivity index (χ1v) is 5.57. The second-order valence-corrected chi connectivity index (χ2v) is 3.98. The SMILES string of the molecule is C#CCN(CC)C(=O)c1cccc(Br)c1F. The van der Waals surface area contributed by atoms with Crippen LogP contribution in [0.15, 0.2) is 22.7 Å². The van der Waals surface area contributed by atoms with Crippen LogP contribution in [0.25, 0.3) is 0 Å². The predicted molar refractivity (Wildman–Crippen MR) is 64.5 cm³/mol. The monoisotopic (exact) mass is 283 g/mol. The maximum Gasteiger partial charge on any atom is 0.257 e. The maximum absolute atomic E-state index is 13.6. The number of hydrogen-bond donors (Lipinski definition) is 0. The van der Waals surface area contributed by atoms with Gasteiger partial charge in [-0.1, -0.05) is 12.0 Å². The van der Waals surface area contributed by atoms with E-state index in [0.717, 1.165) is 0 Å². The third kappa shape index (κ3) is 2.61. The van der Waals surface area contributed by atoms with E-state index in [1.54, 1.807) is 19.1 Å². The fraction of sp³-hybridized carbons (Fsp3) is 0.250. The first-order chi connectivity index (χ1) is 7.61. The van der Waals surface area contributed by atoms with E-state index in [1.165, 1.54) is 11.0 Å². The van der Waals surface area contributed by atoms with E-state index in [-0.39, 0.29) is 22.5 Å². The van der Waals surface area contributed by atoms with Crippen LogP contribution >= 0.6 is 15.9 Å². The van der Waals surface area contributed by atoms with Gasteiger partial charge in [-0.3, -0.25) is 4.79 Å². The molecule has 4 heteroatoms. The van der Waals surface area contributed by atoms with Crippen molar-refractivity contribution in [3.8, 4) is 12.3 Å². The molecule has 0 heterocycles. The molecule has 0 N–H and O–H groups in total. The normalized spacial score (nSPS) is 9.62. The van der Waals surface area contributed by atoms with E-state index in [0.29, 0.717) is 6.54 Å². The van der Waals surface area contributed by atoms with Crippen molar-refractivity contribution in [2.75, 3.05) is 13.1 Å². The lowest BCUT2D eigenvalue weighted by atomic mass is 10.2. The lowest BCUT2D eigenvalue weighted by molar-refractivity contribution is 0.0780. The van der Waals surface area contributed by atoms with Crippen molar-refractivity contribution in [1.29, 1.82) is 0 Å². The Morgan fingerprint density at radius 3 is 2.88 bits per heavy atom. The summed E-state index contributed by atoms with van der Waals surface area (Å²) >= 11 is 3.04. The second-order valence-electron chi connectivity index (χ2n) is 3.12. The number of terminal acetylenes is 1. The number of rotatable bonds is 3. The lowest BCUT2D eigenvalue weighted by Gasteiger charge is -2.18. The third-order valence-electron chi connectivity index (χ3n) is 2.13. The van der Waals surface area contributed by atoms with Gasteiger partial charge in [-0.25, -0.2) is 4.39 Å². The van der Waals surface area contributed by atoms with Crippen LogP contribution in [0.4, 0.5) is 4.39 Å². The average molecular weight is 284 g/mol. The Balaban J connectivity index is 3.05. The van der Waals surface area contributed by atoms with Crippen molar-refractivity contribution in [3.05, 3.63) is 34.1 Å². The topological polar surface area (TPSA) is 20.3 Å². The molecule has 0 unspecified atom stereocenters. The molecule has 0 aliphatic heterocycles. The van der Waals surface area contributed by atoms with E-state index in [4.69, 9.17) is 6.42 Å². The summed E-state index contributed by atoms with van der Waals surface area (Å²) < 4.78 is 13.9. The molecule has 16 heavy (non-hydrogen) atoms. The molecule has 0 aliphatic carbocycles. The molecule has 0 spiro atoms. The second kappa shape index (κ2) is 5.66. The van der Waals surface area contributed by atoms with E-state index in [2.05, 4.69) is 21.9 Å². The summed E-state index contributed by atoms with van der Waals surface area (Å²) in [7, 11) is 0. The highest BCUT2D eigenvalue weighted by Gasteiger charge is 2.18. The molecular formula is C12H11BrFNO. The summed E-state index contributed by atoms with van der Waals surface area (Å²) in [5.74, 6) is 1.43. The van der Waals surface area contributed by atoms with E-state index in [9.17, 15) is 9.18 Å². The van der Waals surface area contributed by atoms with Crippen LogP contribution in [-0.4, -0.2) is 23.9 Å². The summed E-state index contributed by atoms with van der Waals surface area (Å²) in [6, 6.07) is 4.61. The van der Waals surface area contributed by atoms with Gasteiger partial charge in [0.25, 0.3) is 5.91 Å². The summed E-state index contributed by atoms with van der Waals surface area (Å²) in [6.45, 7) is 2.43. The Kier molecular flexibility index (Phi) is 4.51. The number of nitrogens with zero attached hydrogens (tertiary/aromatic N) is 1. The van der Waals surface area contributed by atoms with Crippen molar-refractivity contribution < 1.29 is 9.18 Å². The molecule has 0 saturated carbocycles. The zero-order valence-electron chi connectivity index (χ0n) is 8.84. The van der Waals surface area contributed by atoms with Crippen LogP contribution in [-0.2, 0) is 0 Å². The number of carbonyl (C=O) groups excluding carboxylic acids is 1. The van der Waals surface area contributed by atoms with Gasteiger partial charge in [0.2, 0.25) is 0 Å². The molecule has 0 fully saturated rings. The molecule has 1 amide bonds. The van der Waals surface area contributed by atoms with Gasteiger partial charge in [-0.2, -0.15) is 0 Å². The van der Waals surface area contributed by atoms with Crippen LogP contribution in [0, 0.1) is 18.2 Å². The van der Waals surface area contributed by atoms with Crippen LogP contribution < -0.4 is 0 Å². The minimum Gasteiger partial charge on any atom is -0.328 e. The highest BCUT2D eigenvalue weighted by molar-refractivity contribution is 9.10. The number of hydrogen-bond acceptors (Lipinski definition) is 1. The molecule has 0 aromatic heterocycles. The van der Waals surface area contributed by atoms with Crippen molar-refractivity contribution in [2.24, 2.45) is 0 Å². The largest absolute Gasteiger partial charge is 0.328 e. The van der Waals surface area contributed by atoms with E-state index in [1.807, 2.05) is 0 Å². The van der Waals surface area contributed by atoms with Gasteiger partial charge < -0.3 is 4.90 Å². The molecule has 2 nitrogen and oxygen atoms in total. The molecule has 0 radical (unpaired) electrons. The molecule has 1 aromatic carbocycles. The minimum atomic E-state index is -0.553. The summed E-state index contributed by atoms with van der Waals surface area (Å²) in [5.41, 5.74) is 0.0338. The number of carbonyl (C=O) groups is 1. The van der Waals surface area contributed by atoms with Crippen LogP contribution in [0.1, 0.15) is 17.3 Å². The zero-order valence-corrected chi connectivity index (χ0v) is 10.4. The van der Waals surface area contributed by atoms with Crippen molar-refractivity contribution in [2.45, 2.75) is 6.92 Å². The Hall–Kier alpha value is -1.34. The van der Waals surface area contributed by atoms with E-state index >= 15 is 0 Å². The van der Waals surface area contributed by atoms with Crippen LogP contribution in [0.5, 0.6) is 0 Å². The van der Waals surface area contributed by atoms with Crippen molar-refractivity contribution in [1.82, 2.24) is 4.90 Å². The molecular weight excluding hydrogens is 273 g/mol. The molecule has 1 aromatic rings. The minimum absolute atomic E-state index is 0.0338. The summed E-state index contributed by atoms with van der Waals surface area (Å²) in [4.78, 5) is 13.3. The quantitative estimate of drug-likeness (QED) is 0.781. The van der Waals surface area contributed by atoms with Gasteiger partial charge in [-0.15, -0.1) is 6.42 Å². The standard InChI is InChI=1S/C12H11BrFNO/c1-3-8-15(4-2)12(16)9-6-5-7-10(13)11(9)14/h1,5-7H,4,8H2,2H3. The zero-order chi connectivity index (χ0) is 12.1. The Morgan fingerprint density at radius 1 is 1.62 bits per heavy atom. The van der Waals surface area contributed by atoms with Gasteiger partial charge in [0.1, 0.15) is 5.82 Å². The smallest absolute Gasteiger partial charge is 0.257 e. The van der Waals surface area contributed by atoms with Gasteiger partial charge >= 0.3 is 0 Å². The first kappa shape index (κ1) is 12.7. The molecule has 0 atom stereocenters.